The molecule has 1 aromatic heterocycles. The Labute approximate surface area is 101 Å². The van der Waals surface area contributed by atoms with E-state index in [0.29, 0.717) is 24.5 Å². The lowest BCUT2D eigenvalue weighted by molar-refractivity contribution is 0.0695. The number of carboxylic acid groups (broad SMARTS) is 1. The number of aliphatic hydroxyl groups is 1. The number of nitrogens with zero attached hydrogens (tertiary/aromatic N) is 2. The molecule has 2 N–H and O–H groups in total. The third kappa shape index (κ3) is 3.71. The molecule has 1 unspecified atom stereocenters. The van der Waals surface area contributed by atoms with E-state index >= 15 is 0 Å². The van der Waals surface area contributed by atoms with Crippen LogP contribution in [0.2, 0.25) is 0 Å². The normalized spacial score (nSPS) is 12.2. The van der Waals surface area contributed by atoms with Crippen LogP contribution in [0.1, 0.15) is 29.4 Å². The fourth-order valence-electron chi connectivity index (χ4n) is 1.48. The average Bonchev–Trinajstić information content (AvgIpc) is 2.25. The number of aryl methyl sites for hydroxylation is 1. The summed E-state index contributed by atoms with van der Waals surface area (Å²) in [6.07, 6.45) is 0.301. The topological polar surface area (TPSA) is 73.7 Å². The lowest BCUT2D eigenvalue weighted by atomic mass is 10.2. The van der Waals surface area contributed by atoms with Gasteiger partial charge >= 0.3 is 5.97 Å². The summed E-state index contributed by atoms with van der Waals surface area (Å²) < 4.78 is 0. The number of aliphatic hydroxyl groups excluding tert-OH is 1. The van der Waals surface area contributed by atoms with Gasteiger partial charge in [-0.15, -0.1) is 0 Å². The largest absolute Gasteiger partial charge is 0.478 e. The molecule has 1 aromatic rings. The molecule has 0 bridgehead atoms. The number of hydrogen-bond acceptors (Lipinski definition) is 4. The molecule has 0 fully saturated rings. The number of carboxylic acids is 1. The first-order valence-corrected chi connectivity index (χ1v) is 5.52. The maximum atomic E-state index is 10.8. The number of rotatable bonds is 5. The van der Waals surface area contributed by atoms with Crippen molar-refractivity contribution in [2.24, 2.45) is 0 Å². The molecular formula is C12H18N2O3. The first-order chi connectivity index (χ1) is 7.91. The molecule has 0 amide bonds. The predicted octanol–water partition coefficient (Wildman–Crippen LogP) is 1.30. The van der Waals surface area contributed by atoms with Crippen molar-refractivity contribution in [2.75, 3.05) is 18.5 Å². The van der Waals surface area contributed by atoms with Crippen molar-refractivity contribution >= 4 is 11.8 Å². The van der Waals surface area contributed by atoms with Crippen molar-refractivity contribution in [2.45, 2.75) is 26.4 Å². The molecule has 17 heavy (non-hydrogen) atoms. The van der Waals surface area contributed by atoms with Gasteiger partial charge in [-0.3, -0.25) is 0 Å². The second kappa shape index (κ2) is 5.63. The maximum absolute atomic E-state index is 10.8. The van der Waals surface area contributed by atoms with Crippen LogP contribution >= 0.6 is 0 Å². The van der Waals surface area contributed by atoms with Gasteiger partial charge in [-0.05, 0) is 32.4 Å². The number of aromatic nitrogens is 1. The highest BCUT2D eigenvalue weighted by atomic mass is 16.4. The van der Waals surface area contributed by atoms with Crippen LogP contribution in [0, 0.1) is 6.92 Å². The van der Waals surface area contributed by atoms with Gasteiger partial charge in [0.25, 0.3) is 0 Å². The van der Waals surface area contributed by atoms with Crippen molar-refractivity contribution in [3.05, 3.63) is 23.4 Å². The summed E-state index contributed by atoms with van der Waals surface area (Å²) in [7, 11) is 1.87. The lowest BCUT2D eigenvalue weighted by Gasteiger charge is -2.19. The van der Waals surface area contributed by atoms with Crippen molar-refractivity contribution < 1.29 is 15.0 Å². The Kier molecular flexibility index (Phi) is 4.45. The quantitative estimate of drug-likeness (QED) is 0.808. The van der Waals surface area contributed by atoms with E-state index in [9.17, 15) is 9.90 Å². The van der Waals surface area contributed by atoms with E-state index in [2.05, 4.69) is 4.98 Å². The zero-order valence-electron chi connectivity index (χ0n) is 10.3. The highest BCUT2D eigenvalue weighted by molar-refractivity contribution is 5.89. The number of hydrogen-bond donors (Lipinski definition) is 2. The zero-order chi connectivity index (χ0) is 13.0. The van der Waals surface area contributed by atoms with Crippen LogP contribution in [0.25, 0.3) is 0 Å². The molecule has 1 atom stereocenters. The third-order valence-electron chi connectivity index (χ3n) is 2.57. The predicted molar refractivity (Wildman–Crippen MR) is 65.5 cm³/mol. The molecule has 0 aliphatic carbocycles. The van der Waals surface area contributed by atoms with Crippen molar-refractivity contribution in [1.29, 1.82) is 0 Å². The number of aromatic carboxylic acids is 1. The van der Waals surface area contributed by atoms with Gasteiger partial charge in [0.15, 0.2) is 0 Å². The van der Waals surface area contributed by atoms with E-state index in [1.807, 2.05) is 11.9 Å². The van der Waals surface area contributed by atoms with E-state index in [0.717, 1.165) is 0 Å². The van der Waals surface area contributed by atoms with Crippen molar-refractivity contribution in [3.63, 3.8) is 0 Å². The van der Waals surface area contributed by atoms with Crippen LogP contribution < -0.4 is 4.90 Å². The Bertz CT molecular complexity index is 405. The lowest BCUT2D eigenvalue weighted by Crippen LogP contribution is -2.23. The molecule has 0 saturated heterocycles. The average molecular weight is 238 g/mol. The molecule has 0 aliphatic heterocycles. The molecule has 0 aliphatic rings. The van der Waals surface area contributed by atoms with E-state index in [4.69, 9.17) is 5.11 Å². The molecular weight excluding hydrogens is 220 g/mol. The monoisotopic (exact) mass is 238 g/mol. The molecule has 0 radical (unpaired) electrons. The second-order valence-corrected chi connectivity index (χ2v) is 4.17. The summed E-state index contributed by atoms with van der Waals surface area (Å²) in [5.41, 5.74) is 0.719. The van der Waals surface area contributed by atoms with E-state index in [1.54, 1.807) is 26.0 Å². The van der Waals surface area contributed by atoms with Gasteiger partial charge in [0.1, 0.15) is 5.82 Å². The zero-order valence-corrected chi connectivity index (χ0v) is 10.3. The Balaban J connectivity index is 2.79. The van der Waals surface area contributed by atoms with E-state index in [-0.39, 0.29) is 11.7 Å². The van der Waals surface area contributed by atoms with Crippen molar-refractivity contribution in [1.82, 2.24) is 4.98 Å². The molecule has 5 nitrogen and oxygen atoms in total. The Morgan fingerprint density at radius 2 is 2.18 bits per heavy atom. The second-order valence-electron chi connectivity index (χ2n) is 4.17. The molecule has 5 heteroatoms. The molecule has 1 heterocycles. The minimum atomic E-state index is -0.965. The summed E-state index contributed by atoms with van der Waals surface area (Å²) in [5, 5.41) is 18.1. The molecule has 94 valence electrons. The van der Waals surface area contributed by atoms with Crippen LogP contribution in [0.5, 0.6) is 0 Å². The first-order valence-electron chi connectivity index (χ1n) is 5.52. The van der Waals surface area contributed by atoms with Crippen LogP contribution in [0.3, 0.4) is 0 Å². The van der Waals surface area contributed by atoms with Gasteiger partial charge < -0.3 is 15.1 Å². The molecule has 1 rings (SSSR count). The van der Waals surface area contributed by atoms with Gasteiger partial charge in [-0.1, -0.05) is 0 Å². The fraction of sp³-hybridized carbons (Fsp3) is 0.500. The summed E-state index contributed by atoms with van der Waals surface area (Å²) >= 11 is 0. The van der Waals surface area contributed by atoms with Crippen LogP contribution in [0.4, 0.5) is 5.82 Å². The molecule has 0 spiro atoms. The summed E-state index contributed by atoms with van der Waals surface area (Å²) in [6, 6.07) is 3.23. The summed E-state index contributed by atoms with van der Waals surface area (Å²) in [5.74, 6) is -0.249. The highest BCUT2D eigenvalue weighted by Crippen LogP contribution is 2.14. The third-order valence-corrected chi connectivity index (χ3v) is 2.57. The highest BCUT2D eigenvalue weighted by Gasteiger charge is 2.10. The first kappa shape index (κ1) is 13.4. The fourth-order valence-corrected chi connectivity index (χ4v) is 1.48. The summed E-state index contributed by atoms with van der Waals surface area (Å²) in [6.45, 7) is 4.09. The van der Waals surface area contributed by atoms with Gasteiger partial charge in [0, 0.05) is 13.6 Å². The number of anilines is 1. The van der Waals surface area contributed by atoms with Crippen molar-refractivity contribution in [3.8, 4) is 0 Å². The Hall–Kier alpha value is -1.62. The van der Waals surface area contributed by atoms with Gasteiger partial charge in [0.2, 0.25) is 0 Å². The van der Waals surface area contributed by atoms with Crippen LogP contribution in [-0.2, 0) is 0 Å². The van der Waals surface area contributed by atoms with E-state index in [1.165, 1.54) is 0 Å². The maximum Gasteiger partial charge on any atom is 0.337 e. The standard InChI is InChI=1S/C12H18N2O3/c1-8(15)6-7-14(3)11-5-4-10(12(16)17)9(2)13-11/h4-5,8,15H,6-7H2,1-3H3,(H,16,17). The van der Waals surface area contributed by atoms with Gasteiger partial charge in [0.05, 0.1) is 17.4 Å². The number of carbonyl (C=O) groups is 1. The minimum absolute atomic E-state index is 0.220. The smallest absolute Gasteiger partial charge is 0.337 e. The van der Waals surface area contributed by atoms with Crippen LogP contribution in [0.15, 0.2) is 12.1 Å². The number of pyridine rings is 1. The Morgan fingerprint density at radius 3 is 2.65 bits per heavy atom. The van der Waals surface area contributed by atoms with Gasteiger partial charge in [-0.2, -0.15) is 0 Å². The Morgan fingerprint density at radius 1 is 1.53 bits per heavy atom. The molecule has 0 aromatic carbocycles. The molecule has 0 saturated carbocycles. The minimum Gasteiger partial charge on any atom is -0.478 e. The van der Waals surface area contributed by atoms with E-state index < -0.39 is 5.97 Å². The van der Waals surface area contributed by atoms with Crippen LogP contribution in [-0.4, -0.2) is 40.9 Å². The summed E-state index contributed by atoms with van der Waals surface area (Å²) in [4.78, 5) is 17.0. The van der Waals surface area contributed by atoms with Gasteiger partial charge in [-0.25, -0.2) is 9.78 Å². The SMILES string of the molecule is Cc1nc(N(C)CCC(C)O)ccc1C(=O)O.